The zero-order chi connectivity index (χ0) is 31.7. The smallest absolute Gasteiger partial charge is 0.448 e. The highest BCUT2D eigenvalue weighted by Crippen LogP contribution is 2.37. The summed E-state index contributed by atoms with van der Waals surface area (Å²) in [7, 11) is 3.29. The third-order valence-corrected chi connectivity index (χ3v) is 7.62. The first-order valence-corrected chi connectivity index (χ1v) is 14.0. The van der Waals surface area contributed by atoms with Crippen LogP contribution in [0.25, 0.3) is 0 Å². The Balaban J connectivity index is 1.80. The highest BCUT2D eigenvalue weighted by molar-refractivity contribution is 6.12. The molecule has 0 saturated carbocycles. The summed E-state index contributed by atoms with van der Waals surface area (Å²) in [6.45, 7) is 9.63. The van der Waals surface area contributed by atoms with E-state index in [1.165, 1.54) is 26.2 Å². The average molecular weight is 610 g/mol. The van der Waals surface area contributed by atoms with Gasteiger partial charge in [0.1, 0.15) is 0 Å². The number of ether oxygens (including phenoxy) is 2. The van der Waals surface area contributed by atoms with Gasteiger partial charge in [0.2, 0.25) is 0 Å². The molecule has 43 heavy (non-hydrogen) atoms. The summed E-state index contributed by atoms with van der Waals surface area (Å²) in [5, 5.41) is 10.2. The molecule has 236 valence electrons. The summed E-state index contributed by atoms with van der Waals surface area (Å²) >= 11 is 0. The molecule has 1 atom stereocenters. The van der Waals surface area contributed by atoms with Crippen LogP contribution in [0.1, 0.15) is 49.3 Å². The number of carbonyl (C=O) groups is 3. The second-order valence-corrected chi connectivity index (χ2v) is 11.2. The highest BCUT2D eigenvalue weighted by atomic mass is 19.4. The summed E-state index contributed by atoms with van der Waals surface area (Å²) < 4.78 is 53.1. The number of nitrogens with one attached hydrogen (secondary N) is 2. The molecule has 1 aromatic carbocycles. The molecule has 1 fully saturated rings. The van der Waals surface area contributed by atoms with Crippen molar-refractivity contribution >= 4 is 35.1 Å². The van der Waals surface area contributed by atoms with Gasteiger partial charge < -0.3 is 29.9 Å². The fraction of sp³-hybridized carbons (Fsp3) is 0.571. The molecule has 2 aromatic rings. The Morgan fingerprint density at radius 1 is 1.19 bits per heavy atom. The van der Waals surface area contributed by atoms with Crippen LogP contribution in [0, 0.1) is 0 Å². The van der Waals surface area contributed by atoms with E-state index in [4.69, 9.17) is 9.47 Å². The van der Waals surface area contributed by atoms with Crippen molar-refractivity contribution in [2.45, 2.75) is 52.0 Å². The molecule has 2 N–H and O–H groups in total. The lowest BCUT2D eigenvalue weighted by molar-refractivity contribution is -0.171. The number of carbonyl (C=O) groups excluding carboxylic acids is 3. The number of anilines is 3. The maximum Gasteiger partial charge on any atom is 0.471 e. The third kappa shape index (κ3) is 6.63. The summed E-state index contributed by atoms with van der Waals surface area (Å²) in [6, 6.07) is 3.42. The van der Waals surface area contributed by atoms with Crippen LogP contribution in [0.4, 0.5) is 35.2 Å². The Kier molecular flexibility index (Phi) is 9.37. The predicted octanol–water partition coefficient (Wildman–Crippen LogP) is 3.16. The number of likely N-dealkylation sites (N-methyl/N-ethyl adjacent to an activating group) is 1. The van der Waals surface area contributed by atoms with Crippen molar-refractivity contribution in [3.63, 3.8) is 0 Å². The van der Waals surface area contributed by atoms with E-state index in [2.05, 4.69) is 20.6 Å². The molecule has 0 radical (unpaired) electrons. The van der Waals surface area contributed by atoms with Gasteiger partial charge in [-0.05, 0) is 52.9 Å². The molecule has 15 heteroatoms. The third-order valence-electron chi connectivity index (χ3n) is 7.62. The van der Waals surface area contributed by atoms with E-state index in [0.717, 1.165) is 17.8 Å². The molecule has 2 amide bonds. The first-order valence-electron chi connectivity index (χ1n) is 14.0. The predicted molar refractivity (Wildman–Crippen MR) is 153 cm³/mol. The van der Waals surface area contributed by atoms with E-state index >= 15 is 0 Å². The first-order chi connectivity index (χ1) is 20.2. The molecular formula is C28H38F3N7O5. The summed E-state index contributed by atoms with van der Waals surface area (Å²) in [5.41, 5.74) is 0.526. The quantitative estimate of drug-likeness (QED) is 0.465. The lowest BCUT2D eigenvalue weighted by Crippen LogP contribution is -2.49. The molecule has 0 aliphatic carbocycles. The first kappa shape index (κ1) is 32.2. The van der Waals surface area contributed by atoms with E-state index in [1.807, 2.05) is 25.8 Å². The van der Waals surface area contributed by atoms with Gasteiger partial charge in [-0.3, -0.25) is 14.5 Å². The molecule has 0 bridgehead atoms. The summed E-state index contributed by atoms with van der Waals surface area (Å²) in [6.07, 6.45) is -5.95. The Bertz CT molecular complexity index is 1370. The number of amides is 2. The van der Waals surface area contributed by atoms with Crippen LogP contribution in [0.5, 0.6) is 0 Å². The summed E-state index contributed by atoms with van der Waals surface area (Å²) in [4.78, 5) is 44.0. The molecule has 12 nitrogen and oxygen atoms in total. The average Bonchev–Trinajstić information content (AvgIpc) is 3.46. The maximum atomic E-state index is 13.9. The number of fused-ring (bicyclic) bond motifs is 1. The van der Waals surface area contributed by atoms with Crippen molar-refractivity contribution in [1.29, 1.82) is 0 Å². The van der Waals surface area contributed by atoms with Crippen molar-refractivity contribution in [3.8, 4) is 0 Å². The topological polar surface area (TPSA) is 121 Å². The van der Waals surface area contributed by atoms with Crippen molar-refractivity contribution in [2.75, 3.05) is 68.7 Å². The van der Waals surface area contributed by atoms with Crippen molar-refractivity contribution < 1.29 is 37.0 Å². The standard InChI is InChI=1S/C28H38F3N7O5/c1-7-43-26(41)38-22-20(15-32-27(22,3)4)23(34-38)33-24(39)19-9-8-18(36-12-10-35(5)11-13-36)14-21(19)37(17(2)16-42-6)25(40)28(29,30)31/h8-9,14,17,32H,7,10-13,15-16H2,1-6H3,(H,33,34,39)/t17-/m0/s1. The monoisotopic (exact) mass is 609 g/mol. The molecule has 1 saturated heterocycles. The molecule has 4 rings (SSSR count). The molecular weight excluding hydrogens is 571 g/mol. The number of halogens is 3. The van der Waals surface area contributed by atoms with Crippen LogP contribution in [0.15, 0.2) is 18.2 Å². The highest BCUT2D eigenvalue weighted by Gasteiger charge is 2.46. The number of benzene rings is 1. The van der Waals surface area contributed by atoms with Crippen molar-refractivity contribution in [1.82, 2.24) is 20.0 Å². The van der Waals surface area contributed by atoms with Crippen molar-refractivity contribution in [3.05, 3.63) is 35.0 Å². The van der Waals surface area contributed by atoms with Crippen LogP contribution < -0.4 is 20.4 Å². The van der Waals surface area contributed by atoms with E-state index in [1.54, 1.807) is 13.0 Å². The molecule has 0 unspecified atom stereocenters. The zero-order valence-electron chi connectivity index (χ0n) is 25.2. The van der Waals surface area contributed by atoms with Crippen LogP contribution in [-0.4, -0.2) is 98.4 Å². The number of hydrogen-bond donors (Lipinski definition) is 2. The van der Waals surface area contributed by atoms with Gasteiger partial charge in [-0.15, -0.1) is 5.10 Å². The normalized spacial score (nSPS) is 17.4. The molecule has 3 heterocycles. The number of aromatic nitrogens is 2. The Labute approximate surface area is 248 Å². The number of piperazine rings is 1. The van der Waals surface area contributed by atoms with E-state index in [-0.39, 0.29) is 36.8 Å². The SMILES string of the molecule is CCOC(=O)n1nc(NC(=O)c2ccc(N3CCN(C)CC3)cc2N(C(=O)C(F)(F)F)[C@@H](C)COC)c2c1C(C)(C)NC2. The minimum Gasteiger partial charge on any atom is -0.448 e. The van der Waals surface area contributed by atoms with Gasteiger partial charge in [0.25, 0.3) is 5.91 Å². The van der Waals surface area contributed by atoms with Crippen LogP contribution >= 0.6 is 0 Å². The van der Waals surface area contributed by atoms with Crippen LogP contribution in [0.2, 0.25) is 0 Å². The fourth-order valence-corrected chi connectivity index (χ4v) is 5.42. The number of methoxy groups -OCH3 is 1. The number of alkyl halides is 3. The second kappa shape index (κ2) is 12.5. The molecule has 1 aromatic heterocycles. The molecule has 2 aliphatic heterocycles. The number of rotatable bonds is 8. The minimum absolute atomic E-state index is 0.0545. The van der Waals surface area contributed by atoms with Gasteiger partial charge in [0, 0.05) is 51.1 Å². The van der Waals surface area contributed by atoms with Gasteiger partial charge in [0.15, 0.2) is 5.82 Å². The van der Waals surface area contributed by atoms with Gasteiger partial charge in [-0.2, -0.15) is 17.9 Å². The van der Waals surface area contributed by atoms with Gasteiger partial charge in [-0.25, -0.2) is 4.79 Å². The Morgan fingerprint density at radius 3 is 2.47 bits per heavy atom. The largest absolute Gasteiger partial charge is 0.471 e. The minimum atomic E-state index is -5.21. The van der Waals surface area contributed by atoms with E-state index in [0.29, 0.717) is 34.9 Å². The number of nitrogens with zero attached hydrogens (tertiary/aromatic N) is 5. The Morgan fingerprint density at radius 2 is 1.86 bits per heavy atom. The summed E-state index contributed by atoms with van der Waals surface area (Å²) in [5.74, 6) is -2.87. The zero-order valence-corrected chi connectivity index (χ0v) is 25.2. The molecule has 0 spiro atoms. The van der Waals surface area contributed by atoms with Gasteiger partial charge >= 0.3 is 18.2 Å². The molecule has 2 aliphatic rings. The Hall–Kier alpha value is -3.69. The lowest BCUT2D eigenvalue weighted by atomic mass is 10.0. The maximum absolute atomic E-state index is 13.9. The van der Waals surface area contributed by atoms with Crippen molar-refractivity contribution in [2.24, 2.45) is 0 Å². The number of hydrogen-bond acceptors (Lipinski definition) is 9. The fourth-order valence-electron chi connectivity index (χ4n) is 5.42. The second-order valence-electron chi connectivity index (χ2n) is 11.2. The van der Waals surface area contributed by atoms with Gasteiger partial charge in [0.05, 0.1) is 41.7 Å². The van der Waals surface area contributed by atoms with E-state index < -0.39 is 35.7 Å². The van der Waals surface area contributed by atoms with E-state index in [9.17, 15) is 27.6 Å². The van der Waals surface area contributed by atoms with Crippen LogP contribution in [-0.2, 0) is 26.4 Å². The lowest BCUT2D eigenvalue weighted by Gasteiger charge is -2.36. The van der Waals surface area contributed by atoms with Crippen LogP contribution in [0.3, 0.4) is 0 Å². The van der Waals surface area contributed by atoms with Gasteiger partial charge in [-0.1, -0.05) is 0 Å².